The van der Waals surface area contributed by atoms with Crippen molar-refractivity contribution < 1.29 is 14.3 Å². The largest absolute Gasteiger partial charge is 0.468 e. The zero-order valence-corrected chi connectivity index (χ0v) is 10.1. The van der Waals surface area contributed by atoms with Gasteiger partial charge in [0.15, 0.2) is 0 Å². The van der Waals surface area contributed by atoms with E-state index in [0.717, 1.165) is 12.8 Å². The van der Waals surface area contributed by atoms with Crippen molar-refractivity contribution in [3.63, 3.8) is 0 Å². The first-order valence-electron chi connectivity index (χ1n) is 5.41. The molecular formula is C11H21NO3. The molecule has 0 heterocycles. The lowest BCUT2D eigenvalue weighted by Gasteiger charge is -2.21. The molecule has 15 heavy (non-hydrogen) atoms. The highest BCUT2D eigenvalue weighted by Crippen LogP contribution is 2.09. The Hall–Kier alpha value is -1.06. The molecule has 0 bridgehead atoms. The maximum absolute atomic E-state index is 11.8. The van der Waals surface area contributed by atoms with Crippen LogP contribution in [0.15, 0.2) is 0 Å². The van der Waals surface area contributed by atoms with Gasteiger partial charge in [0.1, 0.15) is 5.92 Å². The summed E-state index contributed by atoms with van der Waals surface area (Å²) in [5, 5.41) is 0. The summed E-state index contributed by atoms with van der Waals surface area (Å²) >= 11 is 0. The van der Waals surface area contributed by atoms with Gasteiger partial charge in [-0.3, -0.25) is 9.59 Å². The van der Waals surface area contributed by atoms with Crippen LogP contribution < -0.4 is 0 Å². The van der Waals surface area contributed by atoms with Crippen molar-refractivity contribution in [3.05, 3.63) is 0 Å². The Morgan fingerprint density at radius 2 is 1.93 bits per heavy atom. The van der Waals surface area contributed by atoms with Crippen molar-refractivity contribution in [2.75, 3.05) is 20.7 Å². The molecule has 0 radical (unpaired) electrons. The summed E-state index contributed by atoms with van der Waals surface area (Å²) < 4.78 is 4.59. The summed E-state index contributed by atoms with van der Waals surface area (Å²) in [4.78, 5) is 24.7. The predicted octanol–water partition coefficient (Wildman–Crippen LogP) is 1.44. The van der Waals surface area contributed by atoms with Crippen LogP contribution in [0.4, 0.5) is 0 Å². The highest BCUT2D eigenvalue weighted by atomic mass is 16.5. The average molecular weight is 215 g/mol. The standard InChI is InChI=1S/C11H21NO3/c1-5-7-8-12(3)10(13)9(6-2)11(14)15-4/h9H,5-8H2,1-4H3. The summed E-state index contributed by atoms with van der Waals surface area (Å²) in [6.07, 6.45) is 2.48. The van der Waals surface area contributed by atoms with Crippen molar-refractivity contribution >= 4 is 11.9 Å². The number of amides is 1. The zero-order valence-electron chi connectivity index (χ0n) is 10.1. The van der Waals surface area contributed by atoms with E-state index in [-0.39, 0.29) is 5.91 Å². The number of carbonyl (C=O) groups is 2. The topological polar surface area (TPSA) is 46.6 Å². The molecule has 0 aromatic carbocycles. The highest BCUT2D eigenvalue weighted by molar-refractivity contribution is 5.97. The average Bonchev–Trinajstić information content (AvgIpc) is 2.26. The summed E-state index contributed by atoms with van der Waals surface area (Å²) in [5.74, 6) is -1.22. The third-order valence-electron chi connectivity index (χ3n) is 2.42. The Bertz CT molecular complexity index is 216. The van der Waals surface area contributed by atoms with E-state index in [1.807, 2.05) is 6.92 Å². The zero-order chi connectivity index (χ0) is 11.8. The number of carbonyl (C=O) groups excluding carboxylic acids is 2. The number of nitrogens with zero attached hydrogens (tertiary/aromatic N) is 1. The smallest absolute Gasteiger partial charge is 0.318 e. The molecule has 4 nitrogen and oxygen atoms in total. The van der Waals surface area contributed by atoms with Crippen molar-refractivity contribution in [2.45, 2.75) is 33.1 Å². The second kappa shape index (κ2) is 7.26. The van der Waals surface area contributed by atoms with Gasteiger partial charge in [-0.25, -0.2) is 0 Å². The second-order valence-electron chi connectivity index (χ2n) is 3.60. The molecule has 0 N–H and O–H groups in total. The SMILES string of the molecule is CCCCN(C)C(=O)C(CC)C(=O)OC. The van der Waals surface area contributed by atoms with Gasteiger partial charge in [0.25, 0.3) is 0 Å². The fourth-order valence-corrected chi connectivity index (χ4v) is 1.36. The Morgan fingerprint density at radius 3 is 2.33 bits per heavy atom. The van der Waals surface area contributed by atoms with E-state index in [0.29, 0.717) is 13.0 Å². The molecule has 1 atom stereocenters. The Morgan fingerprint density at radius 1 is 1.33 bits per heavy atom. The van der Waals surface area contributed by atoms with Crippen LogP contribution in [0.1, 0.15) is 33.1 Å². The second-order valence-corrected chi connectivity index (χ2v) is 3.60. The maximum Gasteiger partial charge on any atom is 0.318 e. The lowest BCUT2D eigenvalue weighted by Crippen LogP contribution is -2.37. The van der Waals surface area contributed by atoms with Gasteiger partial charge >= 0.3 is 5.97 Å². The summed E-state index contributed by atoms with van der Waals surface area (Å²) in [6.45, 7) is 4.58. The first kappa shape index (κ1) is 13.9. The van der Waals surface area contributed by atoms with Crippen molar-refractivity contribution in [1.29, 1.82) is 0 Å². The van der Waals surface area contributed by atoms with Crippen LogP contribution in [0.3, 0.4) is 0 Å². The van der Waals surface area contributed by atoms with E-state index in [1.165, 1.54) is 7.11 Å². The van der Waals surface area contributed by atoms with Crippen molar-refractivity contribution in [2.24, 2.45) is 5.92 Å². The molecule has 0 aliphatic carbocycles. The lowest BCUT2D eigenvalue weighted by atomic mass is 10.1. The van der Waals surface area contributed by atoms with E-state index in [9.17, 15) is 9.59 Å². The number of methoxy groups -OCH3 is 1. The van der Waals surface area contributed by atoms with Crippen LogP contribution in [0, 0.1) is 5.92 Å². The highest BCUT2D eigenvalue weighted by Gasteiger charge is 2.27. The Labute approximate surface area is 91.6 Å². The Balaban J connectivity index is 4.31. The third-order valence-corrected chi connectivity index (χ3v) is 2.42. The van der Waals surface area contributed by atoms with Gasteiger partial charge in [0, 0.05) is 13.6 Å². The predicted molar refractivity (Wildman–Crippen MR) is 58.3 cm³/mol. The molecule has 0 saturated heterocycles. The first-order chi connectivity index (χ1) is 7.08. The van der Waals surface area contributed by atoms with Crippen LogP contribution in [-0.2, 0) is 14.3 Å². The fourth-order valence-electron chi connectivity index (χ4n) is 1.36. The molecule has 0 rings (SSSR count). The minimum absolute atomic E-state index is 0.141. The van der Waals surface area contributed by atoms with Gasteiger partial charge in [-0.05, 0) is 12.8 Å². The van der Waals surface area contributed by atoms with E-state index in [1.54, 1.807) is 11.9 Å². The van der Waals surface area contributed by atoms with E-state index >= 15 is 0 Å². The van der Waals surface area contributed by atoms with E-state index in [4.69, 9.17) is 0 Å². The minimum atomic E-state index is -0.642. The van der Waals surface area contributed by atoms with Gasteiger partial charge in [-0.2, -0.15) is 0 Å². The van der Waals surface area contributed by atoms with Crippen LogP contribution >= 0.6 is 0 Å². The van der Waals surface area contributed by atoms with Crippen LogP contribution in [0.5, 0.6) is 0 Å². The molecular weight excluding hydrogens is 194 g/mol. The molecule has 0 fully saturated rings. The number of ether oxygens (including phenoxy) is 1. The quantitative estimate of drug-likeness (QED) is 0.497. The minimum Gasteiger partial charge on any atom is -0.468 e. The number of unbranched alkanes of at least 4 members (excludes halogenated alkanes) is 1. The van der Waals surface area contributed by atoms with Gasteiger partial charge in [-0.15, -0.1) is 0 Å². The monoisotopic (exact) mass is 215 g/mol. The fraction of sp³-hybridized carbons (Fsp3) is 0.818. The van der Waals surface area contributed by atoms with Crippen LogP contribution in [-0.4, -0.2) is 37.5 Å². The molecule has 0 spiro atoms. The lowest BCUT2D eigenvalue weighted by molar-refractivity contribution is -0.153. The number of hydrogen-bond donors (Lipinski definition) is 0. The maximum atomic E-state index is 11.8. The molecule has 1 unspecified atom stereocenters. The molecule has 0 aliphatic heterocycles. The van der Waals surface area contributed by atoms with E-state index in [2.05, 4.69) is 11.7 Å². The van der Waals surface area contributed by atoms with Crippen molar-refractivity contribution in [3.8, 4) is 0 Å². The number of hydrogen-bond acceptors (Lipinski definition) is 3. The van der Waals surface area contributed by atoms with Gasteiger partial charge in [0.05, 0.1) is 7.11 Å². The van der Waals surface area contributed by atoms with Crippen molar-refractivity contribution in [1.82, 2.24) is 4.90 Å². The molecule has 0 saturated carbocycles. The summed E-state index contributed by atoms with van der Waals surface area (Å²) in [5.41, 5.74) is 0. The van der Waals surface area contributed by atoms with Crippen LogP contribution in [0.2, 0.25) is 0 Å². The van der Waals surface area contributed by atoms with Crippen LogP contribution in [0.25, 0.3) is 0 Å². The van der Waals surface area contributed by atoms with Gasteiger partial charge in [-0.1, -0.05) is 20.3 Å². The summed E-state index contributed by atoms with van der Waals surface area (Å²) in [6, 6.07) is 0. The number of esters is 1. The first-order valence-corrected chi connectivity index (χ1v) is 5.41. The van der Waals surface area contributed by atoms with E-state index < -0.39 is 11.9 Å². The molecule has 0 aromatic heterocycles. The molecule has 4 heteroatoms. The summed E-state index contributed by atoms with van der Waals surface area (Å²) in [7, 11) is 3.04. The molecule has 88 valence electrons. The molecule has 0 aromatic rings. The molecule has 1 amide bonds. The number of rotatable bonds is 6. The normalized spacial score (nSPS) is 12.0. The van der Waals surface area contributed by atoms with Gasteiger partial charge in [0.2, 0.25) is 5.91 Å². The third kappa shape index (κ3) is 4.32. The molecule has 0 aliphatic rings. The van der Waals surface area contributed by atoms with Gasteiger partial charge < -0.3 is 9.64 Å². The Kier molecular flexibility index (Phi) is 6.75.